The van der Waals surface area contributed by atoms with Crippen molar-refractivity contribution in [2.75, 3.05) is 4.72 Å². The summed E-state index contributed by atoms with van der Waals surface area (Å²) in [7, 11) is -3.81. The molecule has 0 saturated carbocycles. The number of hydrogen-bond acceptors (Lipinski definition) is 2. The standard InChI is InChI=1S/C12H8BrClFNO2S/c13-9-3-1-2-4-12(9)16-19(17,18)8-5-6-11(15)10(14)7-8/h1-7,16H. The molecule has 2 aromatic carbocycles. The molecule has 0 saturated heterocycles. The SMILES string of the molecule is O=S(=O)(Nc1ccccc1Br)c1ccc(F)c(Cl)c1. The van der Waals surface area contributed by atoms with Crippen molar-refractivity contribution in [3.63, 3.8) is 0 Å². The molecule has 1 N–H and O–H groups in total. The van der Waals surface area contributed by atoms with E-state index >= 15 is 0 Å². The molecule has 100 valence electrons. The zero-order chi connectivity index (χ0) is 14.0. The maximum absolute atomic E-state index is 13.0. The molecule has 0 unspecified atom stereocenters. The molecule has 0 fully saturated rings. The number of halogens is 3. The van der Waals surface area contributed by atoms with Crippen LogP contribution >= 0.6 is 27.5 Å². The van der Waals surface area contributed by atoms with Crippen LogP contribution in [-0.2, 0) is 10.0 Å². The Morgan fingerprint density at radius 3 is 2.47 bits per heavy atom. The Morgan fingerprint density at radius 2 is 1.84 bits per heavy atom. The maximum Gasteiger partial charge on any atom is 0.261 e. The Hall–Kier alpha value is -1.11. The van der Waals surface area contributed by atoms with Crippen LogP contribution in [0.15, 0.2) is 51.8 Å². The number of benzene rings is 2. The second-order valence-corrected chi connectivity index (χ2v) is 6.61. The Kier molecular flexibility index (Phi) is 4.13. The summed E-state index contributed by atoms with van der Waals surface area (Å²) >= 11 is 8.81. The van der Waals surface area contributed by atoms with Gasteiger partial charge in [-0.1, -0.05) is 23.7 Å². The first-order chi connectivity index (χ1) is 8.90. The van der Waals surface area contributed by atoms with Gasteiger partial charge in [-0.15, -0.1) is 0 Å². The molecule has 2 aromatic rings. The van der Waals surface area contributed by atoms with E-state index in [1.54, 1.807) is 24.3 Å². The summed E-state index contributed by atoms with van der Waals surface area (Å²) in [5.74, 6) is -0.665. The van der Waals surface area contributed by atoms with E-state index < -0.39 is 15.8 Å². The third-order valence-electron chi connectivity index (χ3n) is 2.32. The molecule has 0 aromatic heterocycles. The van der Waals surface area contributed by atoms with Gasteiger partial charge in [0.25, 0.3) is 10.0 Å². The molecular weight excluding hydrogens is 357 g/mol. The van der Waals surface area contributed by atoms with Gasteiger partial charge >= 0.3 is 0 Å². The van der Waals surface area contributed by atoms with Gasteiger partial charge in [0.1, 0.15) is 5.82 Å². The third-order valence-corrected chi connectivity index (χ3v) is 4.66. The van der Waals surface area contributed by atoms with Crippen LogP contribution < -0.4 is 4.72 Å². The summed E-state index contributed by atoms with van der Waals surface area (Å²) in [4.78, 5) is -0.102. The van der Waals surface area contributed by atoms with Crippen LogP contribution in [0.3, 0.4) is 0 Å². The summed E-state index contributed by atoms with van der Waals surface area (Å²) in [6.45, 7) is 0. The molecule has 0 aliphatic heterocycles. The van der Waals surface area contributed by atoms with Crippen LogP contribution in [0.4, 0.5) is 10.1 Å². The highest BCUT2D eigenvalue weighted by Crippen LogP contribution is 2.26. The third kappa shape index (κ3) is 3.26. The zero-order valence-electron chi connectivity index (χ0n) is 9.40. The summed E-state index contributed by atoms with van der Waals surface area (Å²) in [6.07, 6.45) is 0. The fourth-order valence-electron chi connectivity index (χ4n) is 1.39. The van der Waals surface area contributed by atoms with Gasteiger partial charge in [-0.2, -0.15) is 0 Å². The summed E-state index contributed by atoms with van der Waals surface area (Å²) < 4.78 is 40.2. The van der Waals surface area contributed by atoms with Gasteiger partial charge in [0.15, 0.2) is 0 Å². The van der Waals surface area contributed by atoms with Gasteiger partial charge in [0, 0.05) is 4.47 Å². The molecule has 0 spiro atoms. The van der Waals surface area contributed by atoms with Crippen molar-refractivity contribution >= 4 is 43.2 Å². The number of para-hydroxylation sites is 1. The van der Waals surface area contributed by atoms with Crippen LogP contribution in [0.1, 0.15) is 0 Å². The second kappa shape index (κ2) is 5.48. The minimum absolute atomic E-state index is 0.102. The molecule has 7 heteroatoms. The molecule has 0 aliphatic rings. The van der Waals surface area contributed by atoms with E-state index in [0.29, 0.717) is 10.2 Å². The zero-order valence-corrected chi connectivity index (χ0v) is 12.6. The topological polar surface area (TPSA) is 46.2 Å². The van der Waals surface area contributed by atoms with Crippen LogP contribution in [0.5, 0.6) is 0 Å². The van der Waals surface area contributed by atoms with Crippen molar-refractivity contribution in [2.45, 2.75) is 4.90 Å². The Morgan fingerprint density at radius 1 is 1.16 bits per heavy atom. The lowest BCUT2D eigenvalue weighted by molar-refractivity contribution is 0.599. The molecule has 19 heavy (non-hydrogen) atoms. The van der Waals surface area contributed by atoms with E-state index in [1.165, 1.54) is 0 Å². The van der Waals surface area contributed by atoms with E-state index in [4.69, 9.17) is 11.6 Å². The lowest BCUT2D eigenvalue weighted by Gasteiger charge is -2.10. The highest BCUT2D eigenvalue weighted by Gasteiger charge is 2.16. The lowest BCUT2D eigenvalue weighted by atomic mass is 10.3. The minimum atomic E-state index is -3.81. The molecule has 0 aliphatic carbocycles. The minimum Gasteiger partial charge on any atom is -0.278 e. The Balaban J connectivity index is 2.38. The van der Waals surface area contributed by atoms with Gasteiger partial charge in [-0.3, -0.25) is 4.72 Å². The molecule has 0 radical (unpaired) electrons. The van der Waals surface area contributed by atoms with E-state index in [9.17, 15) is 12.8 Å². The number of sulfonamides is 1. The fourth-order valence-corrected chi connectivity index (χ4v) is 3.26. The van der Waals surface area contributed by atoms with E-state index in [2.05, 4.69) is 20.7 Å². The van der Waals surface area contributed by atoms with E-state index in [0.717, 1.165) is 18.2 Å². The highest BCUT2D eigenvalue weighted by molar-refractivity contribution is 9.10. The summed E-state index contributed by atoms with van der Waals surface area (Å²) in [5.41, 5.74) is 0.392. The number of rotatable bonds is 3. The average molecular weight is 365 g/mol. The Labute approximate surface area is 123 Å². The van der Waals surface area contributed by atoms with Gasteiger partial charge in [0.05, 0.1) is 15.6 Å². The number of hydrogen-bond donors (Lipinski definition) is 1. The van der Waals surface area contributed by atoms with Gasteiger partial charge in [0.2, 0.25) is 0 Å². The number of nitrogens with one attached hydrogen (secondary N) is 1. The van der Waals surface area contributed by atoms with Crippen molar-refractivity contribution in [3.8, 4) is 0 Å². The first-order valence-electron chi connectivity index (χ1n) is 5.12. The normalized spacial score (nSPS) is 11.3. The Bertz CT molecular complexity index is 721. The van der Waals surface area contributed by atoms with Crippen LogP contribution in [0, 0.1) is 5.82 Å². The largest absolute Gasteiger partial charge is 0.278 e. The van der Waals surface area contributed by atoms with E-state index in [-0.39, 0.29) is 9.92 Å². The van der Waals surface area contributed by atoms with Crippen LogP contribution in [0.25, 0.3) is 0 Å². The second-order valence-electron chi connectivity index (χ2n) is 3.66. The monoisotopic (exact) mass is 363 g/mol. The smallest absolute Gasteiger partial charge is 0.261 e. The van der Waals surface area contributed by atoms with Crippen molar-refractivity contribution < 1.29 is 12.8 Å². The summed E-state index contributed by atoms with van der Waals surface area (Å²) in [6, 6.07) is 9.99. The van der Waals surface area contributed by atoms with Crippen molar-refractivity contribution in [1.29, 1.82) is 0 Å². The molecule has 0 heterocycles. The highest BCUT2D eigenvalue weighted by atomic mass is 79.9. The molecule has 0 bridgehead atoms. The maximum atomic E-state index is 13.0. The van der Waals surface area contributed by atoms with E-state index in [1.807, 2.05) is 0 Å². The van der Waals surface area contributed by atoms with Gasteiger partial charge < -0.3 is 0 Å². The van der Waals surface area contributed by atoms with Gasteiger partial charge in [-0.25, -0.2) is 12.8 Å². The molecule has 2 rings (SSSR count). The molecular formula is C12H8BrClFNO2S. The molecule has 0 atom stereocenters. The first kappa shape index (κ1) is 14.3. The quantitative estimate of drug-likeness (QED) is 0.893. The van der Waals surface area contributed by atoms with Crippen molar-refractivity contribution in [1.82, 2.24) is 0 Å². The first-order valence-corrected chi connectivity index (χ1v) is 7.78. The van der Waals surface area contributed by atoms with Crippen LogP contribution in [-0.4, -0.2) is 8.42 Å². The average Bonchev–Trinajstić information content (AvgIpc) is 2.35. The predicted octanol–water partition coefficient (Wildman–Crippen LogP) is 4.04. The van der Waals surface area contributed by atoms with Crippen molar-refractivity contribution in [3.05, 3.63) is 57.8 Å². The number of anilines is 1. The van der Waals surface area contributed by atoms with Crippen molar-refractivity contribution in [2.24, 2.45) is 0 Å². The predicted molar refractivity (Wildman–Crippen MR) is 76.4 cm³/mol. The van der Waals surface area contributed by atoms with Gasteiger partial charge in [-0.05, 0) is 46.3 Å². The molecule has 3 nitrogen and oxygen atoms in total. The lowest BCUT2D eigenvalue weighted by Crippen LogP contribution is -2.13. The fraction of sp³-hybridized carbons (Fsp3) is 0. The summed E-state index contributed by atoms with van der Waals surface area (Å²) in [5, 5.41) is -0.241. The van der Waals surface area contributed by atoms with Crippen LogP contribution in [0.2, 0.25) is 5.02 Å². The molecule has 0 amide bonds.